The Balaban J connectivity index is 1.67. The second-order valence-electron chi connectivity index (χ2n) is 13.6. The monoisotopic (exact) mass is 624 g/mol. The van der Waals surface area contributed by atoms with Gasteiger partial charge in [-0.05, 0) is 51.7 Å². The molecule has 244 valence electrons. The summed E-state index contributed by atoms with van der Waals surface area (Å²) in [6.45, 7) is 16.5. The number of amides is 3. The highest BCUT2D eigenvalue weighted by molar-refractivity contribution is 5.96. The molecule has 12 nitrogen and oxygen atoms in total. The Bertz CT molecular complexity index is 1480. The predicted molar refractivity (Wildman–Crippen MR) is 167 cm³/mol. The van der Waals surface area contributed by atoms with Crippen LogP contribution in [-0.2, 0) is 19.1 Å². The van der Waals surface area contributed by atoms with Gasteiger partial charge in [0.15, 0.2) is 0 Å². The van der Waals surface area contributed by atoms with Crippen LogP contribution in [-0.4, -0.2) is 81.3 Å². The van der Waals surface area contributed by atoms with Gasteiger partial charge < -0.3 is 34.9 Å². The number of fused-ring (bicyclic) bond motifs is 1. The smallest absolute Gasteiger partial charge is 0.408 e. The van der Waals surface area contributed by atoms with Crippen molar-refractivity contribution >= 4 is 34.8 Å². The van der Waals surface area contributed by atoms with Crippen LogP contribution in [0.1, 0.15) is 61.3 Å². The number of likely N-dealkylation sites (tertiary alicyclic amines) is 1. The number of aliphatic carboxylic acids is 1. The number of nitrogens with zero attached hydrogens (tertiary/aromatic N) is 2. The average molecular weight is 625 g/mol. The van der Waals surface area contributed by atoms with E-state index in [9.17, 15) is 24.3 Å². The molecule has 3 amide bonds. The number of carbonyl (C=O) groups is 4. The quantitative estimate of drug-likeness (QED) is 0.332. The summed E-state index contributed by atoms with van der Waals surface area (Å²) in [5.41, 5.74) is -2.40. The lowest BCUT2D eigenvalue weighted by atomic mass is 9.85. The van der Waals surface area contributed by atoms with E-state index < -0.39 is 64.5 Å². The van der Waals surface area contributed by atoms with Crippen LogP contribution in [0.2, 0.25) is 0 Å². The van der Waals surface area contributed by atoms with Gasteiger partial charge in [0.2, 0.25) is 17.7 Å². The molecule has 1 saturated heterocycles. The minimum atomic E-state index is -1.49. The molecule has 2 aromatic rings. The molecular formula is C33H44N4O8. The first-order chi connectivity index (χ1) is 21.0. The van der Waals surface area contributed by atoms with Crippen LogP contribution in [0.15, 0.2) is 43.0 Å². The molecule has 12 heteroatoms. The van der Waals surface area contributed by atoms with Crippen LogP contribution >= 0.6 is 0 Å². The van der Waals surface area contributed by atoms with E-state index in [-0.39, 0.29) is 19.4 Å². The lowest BCUT2D eigenvalue weighted by molar-refractivity contribution is -0.146. The number of rotatable bonds is 10. The van der Waals surface area contributed by atoms with Crippen molar-refractivity contribution in [1.82, 2.24) is 20.5 Å². The summed E-state index contributed by atoms with van der Waals surface area (Å²) in [6, 6.07) is 6.92. The molecule has 1 unspecified atom stereocenters. The lowest BCUT2D eigenvalue weighted by Gasteiger charge is -2.35. The summed E-state index contributed by atoms with van der Waals surface area (Å²) < 4.78 is 17.5. The van der Waals surface area contributed by atoms with E-state index in [4.69, 9.17) is 14.2 Å². The molecule has 2 aliphatic rings. The summed E-state index contributed by atoms with van der Waals surface area (Å²) in [7, 11) is 0. The van der Waals surface area contributed by atoms with Crippen LogP contribution in [0.4, 0.5) is 4.79 Å². The van der Waals surface area contributed by atoms with Crippen LogP contribution in [0, 0.1) is 11.3 Å². The Morgan fingerprint density at radius 1 is 1.18 bits per heavy atom. The van der Waals surface area contributed by atoms with E-state index in [1.165, 1.54) is 11.0 Å². The largest absolute Gasteiger partial charge is 0.488 e. The highest BCUT2D eigenvalue weighted by Crippen LogP contribution is 2.45. The Kier molecular flexibility index (Phi) is 9.37. The summed E-state index contributed by atoms with van der Waals surface area (Å²) in [6.07, 6.45) is 0.361. The van der Waals surface area contributed by atoms with Crippen molar-refractivity contribution in [2.75, 3.05) is 13.2 Å². The molecular weight excluding hydrogens is 580 g/mol. The fourth-order valence-electron chi connectivity index (χ4n) is 5.55. The average Bonchev–Trinajstić information content (AvgIpc) is 3.50. The normalized spacial score (nSPS) is 23.5. The van der Waals surface area contributed by atoms with Crippen molar-refractivity contribution in [3.8, 4) is 11.6 Å². The van der Waals surface area contributed by atoms with Gasteiger partial charge in [-0.2, -0.15) is 0 Å². The number of nitrogens with one attached hydrogen (secondary N) is 2. The molecule has 1 aliphatic carbocycles. The topological polar surface area (TPSA) is 156 Å². The first-order valence-electron chi connectivity index (χ1n) is 15.2. The number of benzene rings is 1. The Labute approximate surface area is 263 Å². The number of carbonyl (C=O) groups excluding carboxylic acids is 3. The second-order valence-corrected chi connectivity index (χ2v) is 13.6. The number of aromatic nitrogens is 1. The number of hydrogen-bond acceptors (Lipinski definition) is 8. The molecule has 2 fully saturated rings. The second kappa shape index (κ2) is 12.6. The van der Waals surface area contributed by atoms with Gasteiger partial charge in [0.1, 0.15) is 35.1 Å². The van der Waals surface area contributed by atoms with Gasteiger partial charge in [0, 0.05) is 23.8 Å². The third-order valence-electron chi connectivity index (χ3n) is 7.89. The molecule has 5 atom stereocenters. The number of alkyl carbamates (subject to hydrolysis) is 1. The molecule has 45 heavy (non-hydrogen) atoms. The minimum Gasteiger partial charge on any atom is -0.488 e. The fraction of sp³-hybridized carbons (Fsp3) is 0.545. The molecule has 1 aliphatic heterocycles. The SMILES string of the molecule is C=C[C@H]1CC1(NC(=O)[C@@H]1C[C@@H](Oc2cc(OCC)nc3ccccc23)CN1C(=O)[C@@H](NC(=O)OC(C)(C)C)C(C)(C)C)C(=O)O. The van der Waals surface area contributed by atoms with Crippen molar-refractivity contribution in [3.63, 3.8) is 0 Å². The summed E-state index contributed by atoms with van der Waals surface area (Å²) in [5.74, 6) is -1.91. The number of carboxylic acids is 1. The van der Waals surface area contributed by atoms with Gasteiger partial charge in [-0.15, -0.1) is 6.58 Å². The number of carboxylic acid groups (broad SMARTS) is 1. The Morgan fingerprint density at radius 2 is 1.87 bits per heavy atom. The van der Waals surface area contributed by atoms with Gasteiger partial charge >= 0.3 is 12.1 Å². The summed E-state index contributed by atoms with van der Waals surface area (Å²) in [4.78, 5) is 58.9. The molecule has 4 rings (SSSR count). The molecule has 1 saturated carbocycles. The Morgan fingerprint density at radius 3 is 2.44 bits per heavy atom. The molecule has 0 spiro atoms. The van der Waals surface area contributed by atoms with Crippen LogP contribution in [0.5, 0.6) is 11.6 Å². The van der Waals surface area contributed by atoms with Crippen LogP contribution in [0.3, 0.4) is 0 Å². The Hall–Kier alpha value is -4.35. The minimum absolute atomic E-state index is 0.00503. The maximum Gasteiger partial charge on any atom is 0.408 e. The molecule has 2 heterocycles. The molecule has 1 aromatic carbocycles. The van der Waals surface area contributed by atoms with E-state index >= 15 is 0 Å². The van der Waals surface area contributed by atoms with Crippen LogP contribution in [0.25, 0.3) is 10.9 Å². The van der Waals surface area contributed by atoms with E-state index in [1.807, 2.05) is 31.2 Å². The maximum absolute atomic E-state index is 14.3. The molecule has 1 aromatic heterocycles. The highest BCUT2D eigenvalue weighted by atomic mass is 16.6. The molecule has 3 N–H and O–H groups in total. The predicted octanol–water partition coefficient (Wildman–Crippen LogP) is 4.07. The van der Waals surface area contributed by atoms with Gasteiger partial charge in [-0.1, -0.05) is 39.0 Å². The standard InChI is InChI=1S/C33H44N4O8/c1-9-19-17-33(19,29(40)41)36-27(38)23-15-20(44-24-16-25(43-10-2)34-22-14-12-11-13-21(22)24)18-37(23)28(39)26(31(3,4)5)35-30(42)45-32(6,7)8/h9,11-14,16,19-20,23,26H,1,10,15,17-18H2,2-8H3,(H,35,42)(H,36,38)(H,40,41)/t19-,20+,23-,26+,33?/m0/s1. The van der Waals surface area contributed by atoms with E-state index in [0.29, 0.717) is 23.8 Å². The zero-order valence-electron chi connectivity index (χ0n) is 27.0. The number of pyridine rings is 1. The van der Waals surface area contributed by atoms with Crippen molar-refractivity contribution in [3.05, 3.63) is 43.0 Å². The van der Waals surface area contributed by atoms with Gasteiger partial charge in [-0.25, -0.2) is 14.6 Å². The molecule has 0 radical (unpaired) electrons. The number of hydrogen-bond donors (Lipinski definition) is 3. The molecule has 0 bridgehead atoms. The lowest BCUT2D eigenvalue weighted by Crippen LogP contribution is -2.59. The zero-order valence-corrected chi connectivity index (χ0v) is 27.0. The summed E-state index contributed by atoms with van der Waals surface area (Å²) in [5, 5.41) is 16.0. The number of para-hydroxylation sites is 1. The van der Waals surface area contributed by atoms with Gasteiger partial charge in [-0.3, -0.25) is 9.59 Å². The van der Waals surface area contributed by atoms with E-state index in [2.05, 4.69) is 22.2 Å². The van der Waals surface area contributed by atoms with Crippen molar-refractivity contribution in [2.24, 2.45) is 11.3 Å². The number of ether oxygens (including phenoxy) is 3. The van der Waals surface area contributed by atoms with E-state index in [1.54, 1.807) is 47.6 Å². The van der Waals surface area contributed by atoms with Crippen molar-refractivity contribution < 1.29 is 38.5 Å². The van der Waals surface area contributed by atoms with Crippen molar-refractivity contribution in [1.29, 1.82) is 0 Å². The maximum atomic E-state index is 14.3. The first-order valence-corrected chi connectivity index (χ1v) is 15.2. The third kappa shape index (κ3) is 7.49. The van der Waals surface area contributed by atoms with Gasteiger partial charge in [0.05, 0.1) is 18.7 Å². The van der Waals surface area contributed by atoms with Crippen LogP contribution < -0.4 is 20.1 Å². The fourth-order valence-corrected chi connectivity index (χ4v) is 5.55. The van der Waals surface area contributed by atoms with Crippen molar-refractivity contribution in [2.45, 2.75) is 90.6 Å². The highest BCUT2D eigenvalue weighted by Gasteiger charge is 2.61. The zero-order chi connectivity index (χ0) is 33.3. The van der Waals surface area contributed by atoms with E-state index in [0.717, 1.165) is 5.39 Å². The first kappa shape index (κ1) is 33.5. The summed E-state index contributed by atoms with van der Waals surface area (Å²) >= 11 is 0. The van der Waals surface area contributed by atoms with Gasteiger partial charge in [0.25, 0.3) is 0 Å². The third-order valence-corrected chi connectivity index (χ3v) is 7.89.